The highest BCUT2D eigenvalue weighted by atomic mass is 32.2. The molecule has 1 N–H and O–H groups in total. The van der Waals surface area contributed by atoms with Crippen LogP contribution in [0.2, 0.25) is 0 Å². The first kappa shape index (κ1) is 12.1. The van der Waals surface area contributed by atoms with Crippen molar-refractivity contribution in [3.63, 3.8) is 0 Å². The van der Waals surface area contributed by atoms with Gasteiger partial charge in [-0.3, -0.25) is 4.72 Å². The minimum absolute atomic E-state index is 0.0894. The number of nitrogens with one attached hydrogen (secondary N) is 1. The van der Waals surface area contributed by atoms with Crippen LogP contribution in [0.1, 0.15) is 0 Å². The molecule has 0 radical (unpaired) electrons. The third-order valence-electron chi connectivity index (χ3n) is 2.43. The number of aromatic nitrogens is 3. The fourth-order valence-corrected chi connectivity index (χ4v) is 2.95. The van der Waals surface area contributed by atoms with Crippen LogP contribution in [0.3, 0.4) is 0 Å². The molecule has 6 nitrogen and oxygen atoms in total. The molecule has 0 aliphatic rings. The van der Waals surface area contributed by atoms with Gasteiger partial charge in [-0.25, -0.2) is 12.9 Å². The van der Waals surface area contributed by atoms with E-state index in [0.29, 0.717) is 4.96 Å². The van der Waals surface area contributed by atoms with Gasteiger partial charge in [-0.1, -0.05) is 30.3 Å². The van der Waals surface area contributed by atoms with Crippen molar-refractivity contribution in [2.45, 2.75) is 0 Å². The van der Waals surface area contributed by atoms with Crippen LogP contribution in [0.25, 0.3) is 16.2 Å². The number of nitrogens with zero attached hydrogens (tertiary/aromatic N) is 3. The number of fused-ring (bicyclic) bond motifs is 1. The van der Waals surface area contributed by atoms with Gasteiger partial charge in [0.25, 0.3) is 5.95 Å². The molecule has 8 heteroatoms. The lowest BCUT2D eigenvalue weighted by atomic mass is 10.2. The maximum Gasteiger partial charge on any atom is 0.257 e. The number of benzene rings is 1. The Morgan fingerprint density at radius 3 is 2.68 bits per heavy atom. The average molecular weight is 294 g/mol. The van der Waals surface area contributed by atoms with Crippen molar-refractivity contribution in [3.05, 3.63) is 35.7 Å². The van der Waals surface area contributed by atoms with Crippen LogP contribution in [-0.4, -0.2) is 29.3 Å². The molecule has 0 fully saturated rings. The number of sulfonamides is 1. The van der Waals surface area contributed by atoms with Gasteiger partial charge in [0.15, 0.2) is 0 Å². The summed E-state index contributed by atoms with van der Waals surface area (Å²) in [5, 5.41) is 6.10. The molecular weight excluding hydrogens is 284 g/mol. The van der Waals surface area contributed by atoms with Crippen LogP contribution in [0.4, 0.5) is 5.95 Å². The lowest BCUT2D eigenvalue weighted by Gasteiger charge is -1.98. The summed E-state index contributed by atoms with van der Waals surface area (Å²) in [6, 6.07) is 9.74. The van der Waals surface area contributed by atoms with E-state index < -0.39 is 10.0 Å². The standard InChI is InChI=1S/C11H10N4O2S2/c1-19(16,17)14-10-12-11-15(13-10)9(7-18-11)8-5-3-2-4-6-8/h2-7H,1H3,(H,13,14). The van der Waals surface area contributed by atoms with E-state index in [1.807, 2.05) is 35.7 Å². The second-order valence-electron chi connectivity index (χ2n) is 3.99. The van der Waals surface area contributed by atoms with Gasteiger partial charge in [0.05, 0.1) is 11.9 Å². The third-order valence-corrected chi connectivity index (χ3v) is 3.80. The van der Waals surface area contributed by atoms with Gasteiger partial charge < -0.3 is 0 Å². The molecule has 0 amide bonds. The highest BCUT2D eigenvalue weighted by molar-refractivity contribution is 7.91. The van der Waals surface area contributed by atoms with Crippen LogP contribution in [-0.2, 0) is 10.0 Å². The quantitative estimate of drug-likeness (QED) is 0.799. The van der Waals surface area contributed by atoms with E-state index in [1.165, 1.54) is 11.3 Å². The Bertz CT molecular complexity index is 821. The third kappa shape index (κ3) is 2.45. The molecular formula is C11H10N4O2S2. The molecule has 0 aliphatic heterocycles. The minimum Gasteiger partial charge on any atom is -0.250 e. The Hall–Kier alpha value is -1.93. The second kappa shape index (κ2) is 4.32. The smallest absolute Gasteiger partial charge is 0.250 e. The molecule has 98 valence electrons. The molecule has 0 atom stereocenters. The van der Waals surface area contributed by atoms with Crippen LogP contribution in [0.15, 0.2) is 35.7 Å². The van der Waals surface area contributed by atoms with Crippen molar-refractivity contribution >= 4 is 32.3 Å². The molecule has 2 heterocycles. The number of hydrogen-bond donors (Lipinski definition) is 1. The van der Waals surface area contributed by atoms with E-state index in [9.17, 15) is 8.42 Å². The summed E-state index contributed by atoms with van der Waals surface area (Å²) in [5.74, 6) is 0.0894. The maximum atomic E-state index is 11.2. The number of rotatable bonds is 3. The number of hydrogen-bond acceptors (Lipinski definition) is 5. The SMILES string of the molecule is CS(=O)(=O)Nc1nc2scc(-c3ccccc3)n2n1. The van der Waals surface area contributed by atoms with Gasteiger partial charge in [-0.15, -0.1) is 16.4 Å². The van der Waals surface area contributed by atoms with Crippen LogP contribution in [0, 0.1) is 0 Å². The topological polar surface area (TPSA) is 76.4 Å². The van der Waals surface area contributed by atoms with Crippen molar-refractivity contribution in [3.8, 4) is 11.3 Å². The van der Waals surface area contributed by atoms with E-state index >= 15 is 0 Å². The lowest BCUT2D eigenvalue weighted by molar-refractivity contribution is 0.606. The van der Waals surface area contributed by atoms with Gasteiger partial charge in [0, 0.05) is 10.9 Å². The number of thiazole rings is 1. The Labute approximate surface area is 113 Å². The van der Waals surface area contributed by atoms with E-state index in [2.05, 4.69) is 14.8 Å². The minimum atomic E-state index is -3.36. The predicted molar refractivity (Wildman–Crippen MR) is 74.8 cm³/mol. The molecule has 0 saturated heterocycles. The van der Waals surface area contributed by atoms with Crippen molar-refractivity contribution in [2.24, 2.45) is 0 Å². The Balaban J connectivity index is 2.09. The van der Waals surface area contributed by atoms with Crippen LogP contribution in [0.5, 0.6) is 0 Å². The Morgan fingerprint density at radius 2 is 2.00 bits per heavy atom. The van der Waals surface area contributed by atoms with Crippen molar-refractivity contribution in [1.82, 2.24) is 14.6 Å². The fourth-order valence-electron chi connectivity index (χ4n) is 1.70. The summed E-state index contributed by atoms with van der Waals surface area (Å²) in [6.07, 6.45) is 1.07. The second-order valence-corrected chi connectivity index (χ2v) is 6.58. The van der Waals surface area contributed by atoms with Gasteiger partial charge >= 0.3 is 0 Å². The summed E-state index contributed by atoms with van der Waals surface area (Å²) in [5.41, 5.74) is 1.89. The molecule has 0 saturated carbocycles. The zero-order valence-corrected chi connectivity index (χ0v) is 11.6. The zero-order chi connectivity index (χ0) is 13.5. The molecule has 3 rings (SSSR count). The fraction of sp³-hybridized carbons (Fsp3) is 0.0909. The lowest BCUT2D eigenvalue weighted by Crippen LogP contribution is -2.10. The Kier molecular flexibility index (Phi) is 2.76. The molecule has 0 unspecified atom stereocenters. The summed E-state index contributed by atoms with van der Waals surface area (Å²) in [6.45, 7) is 0. The molecule has 3 aromatic rings. The molecule has 0 aliphatic carbocycles. The molecule has 0 spiro atoms. The van der Waals surface area contributed by atoms with Gasteiger partial charge in [0.1, 0.15) is 0 Å². The van der Waals surface area contributed by atoms with Gasteiger partial charge in [-0.05, 0) is 0 Å². The first-order valence-corrected chi connectivity index (χ1v) is 8.17. The van der Waals surface area contributed by atoms with Crippen molar-refractivity contribution in [2.75, 3.05) is 11.0 Å². The van der Waals surface area contributed by atoms with E-state index in [4.69, 9.17) is 0 Å². The largest absolute Gasteiger partial charge is 0.257 e. The summed E-state index contributed by atoms with van der Waals surface area (Å²) >= 11 is 1.41. The molecule has 2 aromatic heterocycles. The summed E-state index contributed by atoms with van der Waals surface area (Å²) in [7, 11) is -3.36. The highest BCUT2D eigenvalue weighted by Gasteiger charge is 2.13. The predicted octanol–water partition coefficient (Wildman–Crippen LogP) is 1.83. The van der Waals surface area contributed by atoms with E-state index in [1.54, 1.807) is 4.52 Å². The van der Waals surface area contributed by atoms with E-state index in [-0.39, 0.29) is 5.95 Å². The van der Waals surface area contributed by atoms with E-state index in [0.717, 1.165) is 17.5 Å². The Morgan fingerprint density at radius 1 is 1.26 bits per heavy atom. The van der Waals surface area contributed by atoms with Crippen LogP contribution >= 0.6 is 11.3 Å². The van der Waals surface area contributed by atoms with Crippen molar-refractivity contribution < 1.29 is 8.42 Å². The van der Waals surface area contributed by atoms with Crippen molar-refractivity contribution in [1.29, 1.82) is 0 Å². The van der Waals surface area contributed by atoms with Crippen LogP contribution < -0.4 is 4.72 Å². The molecule has 19 heavy (non-hydrogen) atoms. The number of anilines is 1. The normalized spacial score (nSPS) is 11.8. The first-order valence-electron chi connectivity index (χ1n) is 5.40. The first-order chi connectivity index (χ1) is 9.03. The highest BCUT2D eigenvalue weighted by Crippen LogP contribution is 2.25. The molecule has 1 aromatic carbocycles. The van der Waals surface area contributed by atoms with Gasteiger partial charge in [0.2, 0.25) is 15.0 Å². The monoisotopic (exact) mass is 294 g/mol. The summed E-state index contributed by atoms with van der Waals surface area (Å²) in [4.78, 5) is 4.77. The summed E-state index contributed by atoms with van der Waals surface area (Å²) < 4.78 is 26.2. The zero-order valence-electron chi connectivity index (χ0n) is 9.94. The average Bonchev–Trinajstić information content (AvgIpc) is 2.87. The molecule has 0 bridgehead atoms. The maximum absolute atomic E-state index is 11.2. The van der Waals surface area contributed by atoms with Gasteiger partial charge in [-0.2, -0.15) is 4.98 Å².